The summed E-state index contributed by atoms with van der Waals surface area (Å²) in [5, 5.41) is 11.3. The number of benzene rings is 2. The van der Waals surface area contributed by atoms with Crippen LogP contribution in [0.2, 0.25) is 0 Å². The number of anilines is 1. The van der Waals surface area contributed by atoms with Crippen LogP contribution in [0.4, 0.5) is 15.8 Å². The van der Waals surface area contributed by atoms with Crippen molar-refractivity contribution >= 4 is 17.3 Å². The average molecular weight is 385 g/mol. The Morgan fingerprint density at radius 1 is 1.18 bits per heavy atom. The molecule has 0 aromatic heterocycles. The van der Waals surface area contributed by atoms with Crippen LogP contribution in [0.1, 0.15) is 31.4 Å². The molecule has 1 fully saturated rings. The maximum atomic E-state index is 13.1. The SMILES string of the molecule is CC(c1ccc(F)cc1)N(C)C(=O)C1CCN(c2ccccc2[N+](=O)[O-])CC1. The largest absolute Gasteiger partial charge is 0.366 e. The third-order valence-corrected chi connectivity index (χ3v) is 5.54. The normalized spacial score (nSPS) is 15.9. The van der Waals surface area contributed by atoms with E-state index in [1.165, 1.54) is 18.2 Å². The van der Waals surface area contributed by atoms with E-state index in [0.29, 0.717) is 31.6 Å². The van der Waals surface area contributed by atoms with Gasteiger partial charge < -0.3 is 9.80 Å². The fourth-order valence-electron chi connectivity index (χ4n) is 3.70. The number of halogens is 1. The fourth-order valence-corrected chi connectivity index (χ4v) is 3.70. The van der Waals surface area contributed by atoms with Crippen molar-refractivity contribution < 1.29 is 14.1 Å². The first kappa shape index (κ1) is 19.8. The third kappa shape index (κ3) is 4.13. The number of piperidine rings is 1. The zero-order valence-electron chi connectivity index (χ0n) is 16.0. The Morgan fingerprint density at radius 3 is 2.39 bits per heavy atom. The molecular weight excluding hydrogens is 361 g/mol. The smallest absolute Gasteiger partial charge is 0.292 e. The molecule has 1 aliphatic rings. The summed E-state index contributed by atoms with van der Waals surface area (Å²) >= 11 is 0. The van der Waals surface area contributed by atoms with E-state index in [1.807, 2.05) is 11.8 Å². The highest BCUT2D eigenvalue weighted by Gasteiger charge is 2.31. The molecule has 148 valence electrons. The lowest BCUT2D eigenvalue weighted by atomic mass is 9.93. The molecule has 0 spiro atoms. The van der Waals surface area contributed by atoms with Crippen molar-refractivity contribution in [1.82, 2.24) is 4.90 Å². The molecule has 0 radical (unpaired) electrons. The van der Waals surface area contributed by atoms with E-state index in [2.05, 4.69) is 0 Å². The molecule has 6 nitrogen and oxygen atoms in total. The second kappa shape index (κ2) is 8.37. The van der Waals surface area contributed by atoms with Crippen LogP contribution in [0.3, 0.4) is 0 Å². The Hall–Kier alpha value is -2.96. The molecule has 1 atom stereocenters. The quantitative estimate of drug-likeness (QED) is 0.572. The molecule has 1 heterocycles. The van der Waals surface area contributed by atoms with E-state index < -0.39 is 0 Å². The molecule has 1 aliphatic heterocycles. The summed E-state index contributed by atoms with van der Waals surface area (Å²) in [6.07, 6.45) is 1.29. The molecule has 28 heavy (non-hydrogen) atoms. The van der Waals surface area contributed by atoms with Crippen LogP contribution in [0.5, 0.6) is 0 Å². The first-order valence-electron chi connectivity index (χ1n) is 9.39. The summed E-state index contributed by atoms with van der Waals surface area (Å²) in [4.78, 5) is 27.5. The van der Waals surface area contributed by atoms with Crippen LogP contribution < -0.4 is 4.90 Å². The number of hydrogen-bond donors (Lipinski definition) is 0. The molecular formula is C21H24FN3O3. The van der Waals surface area contributed by atoms with Gasteiger partial charge >= 0.3 is 0 Å². The van der Waals surface area contributed by atoms with Crippen LogP contribution in [-0.4, -0.2) is 35.9 Å². The molecule has 1 unspecified atom stereocenters. The maximum Gasteiger partial charge on any atom is 0.292 e. The Bertz CT molecular complexity index is 848. The van der Waals surface area contributed by atoms with Gasteiger partial charge in [0, 0.05) is 32.1 Å². The van der Waals surface area contributed by atoms with Crippen molar-refractivity contribution in [1.29, 1.82) is 0 Å². The van der Waals surface area contributed by atoms with Gasteiger partial charge in [0.25, 0.3) is 5.69 Å². The van der Waals surface area contributed by atoms with Crippen molar-refractivity contribution in [3.63, 3.8) is 0 Å². The number of nitro benzene ring substituents is 1. The van der Waals surface area contributed by atoms with Gasteiger partial charge in [-0.3, -0.25) is 14.9 Å². The number of para-hydroxylation sites is 2. The summed E-state index contributed by atoms with van der Waals surface area (Å²) in [5.41, 5.74) is 1.58. The molecule has 0 bridgehead atoms. The van der Waals surface area contributed by atoms with Gasteiger partial charge in [-0.2, -0.15) is 0 Å². The lowest BCUT2D eigenvalue weighted by molar-refractivity contribution is -0.384. The number of nitro groups is 1. The van der Waals surface area contributed by atoms with Gasteiger partial charge in [0.1, 0.15) is 11.5 Å². The Balaban J connectivity index is 1.63. The van der Waals surface area contributed by atoms with Gasteiger partial charge in [-0.05, 0) is 43.5 Å². The number of rotatable bonds is 5. The molecule has 1 amide bonds. The van der Waals surface area contributed by atoms with Gasteiger partial charge in [0.2, 0.25) is 5.91 Å². The van der Waals surface area contributed by atoms with E-state index in [9.17, 15) is 19.3 Å². The van der Waals surface area contributed by atoms with Crippen molar-refractivity contribution in [2.75, 3.05) is 25.0 Å². The van der Waals surface area contributed by atoms with Crippen LogP contribution >= 0.6 is 0 Å². The van der Waals surface area contributed by atoms with Crippen LogP contribution in [0, 0.1) is 21.8 Å². The molecule has 0 saturated carbocycles. The monoisotopic (exact) mass is 385 g/mol. The van der Waals surface area contributed by atoms with E-state index in [0.717, 1.165) is 5.56 Å². The lowest BCUT2D eigenvalue weighted by Gasteiger charge is -2.35. The molecule has 0 N–H and O–H groups in total. The number of hydrogen-bond acceptors (Lipinski definition) is 4. The van der Waals surface area contributed by atoms with Gasteiger partial charge in [-0.1, -0.05) is 24.3 Å². The summed E-state index contributed by atoms with van der Waals surface area (Å²) in [7, 11) is 1.77. The summed E-state index contributed by atoms with van der Waals surface area (Å²) in [6, 6.07) is 12.7. The Morgan fingerprint density at radius 2 is 1.79 bits per heavy atom. The maximum absolute atomic E-state index is 13.1. The highest BCUT2D eigenvalue weighted by atomic mass is 19.1. The molecule has 7 heteroatoms. The zero-order valence-corrected chi connectivity index (χ0v) is 16.0. The van der Waals surface area contributed by atoms with Gasteiger partial charge in [-0.25, -0.2) is 4.39 Å². The first-order chi connectivity index (χ1) is 13.4. The standard InChI is InChI=1S/C21H24FN3O3/c1-15(16-7-9-18(22)10-8-16)23(2)21(26)17-11-13-24(14-12-17)19-5-3-4-6-20(19)25(27)28/h3-10,15,17H,11-14H2,1-2H3. The van der Waals surface area contributed by atoms with Crippen molar-refractivity contribution in [2.24, 2.45) is 5.92 Å². The average Bonchev–Trinajstić information content (AvgIpc) is 2.73. The topological polar surface area (TPSA) is 66.7 Å². The zero-order chi connectivity index (χ0) is 20.3. The summed E-state index contributed by atoms with van der Waals surface area (Å²) in [5.74, 6) is -0.363. The molecule has 1 saturated heterocycles. The second-order valence-electron chi connectivity index (χ2n) is 7.18. The van der Waals surface area contributed by atoms with E-state index in [-0.39, 0.29) is 34.3 Å². The van der Waals surface area contributed by atoms with Gasteiger partial charge in [0.05, 0.1) is 11.0 Å². The Kier molecular flexibility index (Phi) is 5.92. The number of nitrogens with zero attached hydrogens (tertiary/aromatic N) is 3. The minimum atomic E-state index is -0.370. The van der Waals surface area contributed by atoms with Crippen molar-refractivity contribution in [2.45, 2.75) is 25.8 Å². The van der Waals surface area contributed by atoms with Crippen LogP contribution in [0.15, 0.2) is 48.5 Å². The Labute approximate surface area is 163 Å². The highest BCUT2D eigenvalue weighted by Crippen LogP contribution is 2.32. The minimum Gasteiger partial charge on any atom is -0.366 e. The minimum absolute atomic E-state index is 0.0547. The third-order valence-electron chi connectivity index (χ3n) is 5.54. The lowest BCUT2D eigenvalue weighted by Crippen LogP contribution is -2.42. The predicted octanol–water partition coefficient (Wildman–Crippen LogP) is 4.17. The molecule has 0 aliphatic carbocycles. The number of carbonyl (C=O) groups is 1. The van der Waals surface area contributed by atoms with Crippen LogP contribution in [-0.2, 0) is 4.79 Å². The first-order valence-corrected chi connectivity index (χ1v) is 9.39. The van der Waals surface area contributed by atoms with E-state index in [1.54, 1.807) is 42.3 Å². The van der Waals surface area contributed by atoms with Crippen molar-refractivity contribution in [3.8, 4) is 0 Å². The van der Waals surface area contributed by atoms with E-state index in [4.69, 9.17) is 0 Å². The van der Waals surface area contributed by atoms with Gasteiger partial charge in [0.15, 0.2) is 0 Å². The summed E-state index contributed by atoms with van der Waals surface area (Å²) < 4.78 is 13.1. The number of amides is 1. The number of carbonyl (C=O) groups excluding carboxylic acids is 1. The second-order valence-corrected chi connectivity index (χ2v) is 7.18. The van der Waals surface area contributed by atoms with Crippen LogP contribution in [0.25, 0.3) is 0 Å². The molecule has 2 aromatic rings. The van der Waals surface area contributed by atoms with E-state index >= 15 is 0 Å². The predicted molar refractivity (Wildman–Crippen MR) is 106 cm³/mol. The van der Waals surface area contributed by atoms with Gasteiger partial charge in [-0.15, -0.1) is 0 Å². The fraction of sp³-hybridized carbons (Fsp3) is 0.381. The summed E-state index contributed by atoms with van der Waals surface area (Å²) in [6.45, 7) is 3.12. The molecule has 2 aromatic carbocycles. The molecule has 3 rings (SSSR count). The highest BCUT2D eigenvalue weighted by molar-refractivity contribution is 5.79. The van der Waals surface area contributed by atoms with Crippen molar-refractivity contribution in [3.05, 3.63) is 70.0 Å².